The molecule has 0 spiro atoms. The summed E-state index contributed by atoms with van der Waals surface area (Å²) < 4.78 is 0. The van der Waals surface area contributed by atoms with Crippen LogP contribution in [0.3, 0.4) is 0 Å². The van der Waals surface area contributed by atoms with E-state index in [1.54, 1.807) is 11.8 Å². The van der Waals surface area contributed by atoms with Crippen molar-refractivity contribution in [2.45, 2.75) is 37.5 Å². The third kappa shape index (κ3) is 2.72. The molecule has 0 aliphatic carbocycles. The molecule has 1 aromatic rings. The number of nitrogens with one attached hydrogen (secondary N) is 2. The molecular weight excluding hydrogens is 226 g/mol. The van der Waals surface area contributed by atoms with Gasteiger partial charge < -0.3 is 5.32 Å². The minimum absolute atomic E-state index is 0.0852. The summed E-state index contributed by atoms with van der Waals surface area (Å²) in [6.45, 7) is 1.86. The van der Waals surface area contributed by atoms with E-state index in [9.17, 15) is 4.79 Å². The largest absolute Gasteiger partial charge is 0.345 e. The SMILES string of the molecule is CC(NC(=O)C1CCCCS1)c1nn[nH]n1. The highest BCUT2D eigenvalue weighted by Gasteiger charge is 2.24. The molecule has 1 fully saturated rings. The first-order valence-electron chi connectivity index (χ1n) is 5.42. The lowest BCUT2D eigenvalue weighted by Crippen LogP contribution is -2.36. The number of hydrogen-bond donors (Lipinski definition) is 2. The Hall–Kier alpha value is -1.11. The van der Waals surface area contributed by atoms with Gasteiger partial charge in [-0.2, -0.15) is 5.21 Å². The Morgan fingerprint density at radius 3 is 3.12 bits per heavy atom. The summed E-state index contributed by atoms with van der Waals surface area (Å²) in [6, 6.07) is -0.186. The molecule has 0 saturated carbocycles. The molecule has 2 rings (SSSR count). The third-order valence-corrected chi connectivity index (χ3v) is 3.96. The van der Waals surface area contributed by atoms with Gasteiger partial charge in [-0.1, -0.05) is 11.6 Å². The molecule has 7 heteroatoms. The second-order valence-corrected chi connectivity index (χ2v) is 5.17. The van der Waals surface area contributed by atoms with Crippen molar-refractivity contribution >= 4 is 17.7 Å². The maximum Gasteiger partial charge on any atom is 0.233 e. The number of amides is 1. The Labute approximate surface area is 98.0 Å². The Kier molecular flexibility index (Phi) is 3.76. The normalized spacial score (nSPS) is 22.7. The first kappa shape index (κ1) is 11.4. The summed E-state index contributed by atoms with van der Waals surface area (Å²) >= 11 is 1.73. The summed E-state index contributed by atoms with van der Waals surface area (Å²) in [6.07, 6.45) is 3.33. The molecule has 2 atom stereocenters. The van der Waals surface area contributed by atoms with E-state index in [1.165, 1.54) is 6.42 Å². The zero-order chi connectivity index (χ0) is 11.4. The van der Waals surface area contributed by atoms with Crippen molar-refractivity contribution in [1.82, 2.24) is 25.9 Å². The molecule has 2 N–H and O–H groups in total. The summed E-state index contributed by atoms with van der Waals surface area (Å²) in [5.41, 5.74) is 0. The predicted molar refractivity (Wildman–Crippen MR) is 60.8 cm³/mol. The quantitative estimate of drug-likeness (QED) is 0.812. The Morgan fingerprint density at radius 1 is 1.62 bits per heavy atom. The number of nitrogens with zero attached hydrogens (tertiary/aromatic N) is 3. The van der Waals surface area contributed by atoms with Crippen LogP contribution in [-0.2, 0) is 4.79 Å². The van der Waals surface area contributed by atoms with Crippen LogP contribution < -0.4 is 5.32 Å². The predicted octanol–water partition coefficient (Wildman–Crippen LogP) is 0.663. The monoisotopic (exact) mass is 241 g/mol. The number of carbonyl (C=O) groups excluding carboxylic acids is 1. The van der Waals surface area contributed by atoms with E-state index in [1.807, 2.05) is 6.92 Å². The van der Waals surface area contributed by atoms with Crippen LogP contribution in [0.25, 0.3) is 0 Å². The van der Waals surface area contributed by atoms with E-state index in [0.29, 0.717) is 5.82 Å². The molecule has 0 aromatic carbocycles. The average Bonchev–Trinajstić information content (AvgIpc) is 2.83. The van der Waals surface area contributed by atoms with E-state index in [4.69, 9.17) is 0 Å². The van der Waals surface area contributed by atoms with E-state index < -0.39 is 0 Å². The smallest absolute Gasteiger partial charge is 0.233 e. The second kappa shape index (κ2) is 5.29. The molecule has 88 valence electrons. The first-order chi connectivity index (χ1) is 7.77. The van der Waals surface area contributed by atoms with E-state index in [-0.39, 0.29) is 17.2 Å². The molecule has 0 radical (unpaired) electrons. The maximum atomic E-state index is 11.9. The lowest BCUT2D eigenvalue weighted by molar-refractivity contribution is -0.121. The van der Waals surface area contributed by atoms with Gasteiger partial charge in [-0.25, -0.2) is 0 Å². The lowest BCUT2D eigenvalue weighted by atomic mass is 10.1. The van der Waals surface area contributed by atoms with Gasteiger partial charge in [0, 0.05) is 0 Å². The van der Waals surface area contributed by atoms with Crippen LogP contribution in [0, 0.1) is 0 Å². The van der Waals surface area contributed by atoms with E-state index in [2.05, 4.69) is 25.9 Å². The van der Waals surface area contributed by atoms with Crippen LogP contribution in [0.15, 0.2) is 0 Å². The molecule has 0 bridgehead atoms. The molecule has 1 amide bonds. The van der Waals surface area contributed by atoms with Gasteiger partial charge in [0.25, 0.3) is 0 Å². The molecule has 16 heavy (non-hydrogen) atoms. The zero-order valence-electron chi connectivity index (χ0n) is 9.14. The first-order valence-corrected chi connectivity index (χ1v) is 6.47. The Balaban J connectivity index is 1.86. The number of hydrogen-bond acceptors (Lipinski definition) is 5. The number of thioether (sulfide) groups is 1. The van der Waals surface area contributed by atoms with Crippen LogP contribution in [0.4, 0.5) is 0 Å². The average molecular weight is 241 g/mol. The van der Waals surface area contributed by atoms with Crippen LogP contribution in [0.1, 0.15) is 38.1 Å². The molecule has 2 heterocycles. The highest BCUT2D eigenvalue weighted by molar-refractivity contribution is 8.00. The summed E-state index contributed by atoms with van der Waals surface area (Å²) in [4.78, 5) is 11.9. The van der Waals surface area contributed by atoms with Gasteiger partial charge in [0.15, 0.2) is 5.82 Å². The van der Waals surface area contributed by atoms with Gasteiger partial charge in [-0.15, -0.1) is 22.0 Å². The lowest BCUT2D eigenvalue weighted by Gasteiger charge is -2.21. The van der Waals surface area contributed by atoms with Gasteiger partial charge in [0.05, 0.1) is 11.3 Å². The van der Waals surface area contributed by atoms with E-state index >= 15 is 0 Å². The molecule has 1 aliphatic rings. The molecular formula is C9H15N5OS. The molecule has 2 unspecified atom stereocenters. The highest BCUT2D eigenvalue weighted by Crippen LogP contribution is 2.25. The van der Waals surface area contributed by atoms with Gasteiger partial charge in [0.1, 0.15) is 0 Å². The topological polar surface area (TPSA) is 83.6 Å². The fourth-order valence-electron chi connectivity index (χ4n) is 1.67. The van der Waals surface area contributed by atoms with Crippen LogP contribution >= 0.6 is 11.8 Å². The number of H-pyrrole nitrogens is 1. The molecule has 1 saturated heterocycles. The van der Waals surface area contributed by atoms with E-state index in [0.717, 1.165) is 18.6 Å². The number of carbonyl (C=O) groups is 1. The number of rotatable bonds is 3. The minimum atomic E-state index is -0.186. The van der Waals surface area contributed by atoms with Gasteiger partial charge in [0.2, 0.25) is 5.91 Å². The fourth-order valence-corrected chi connectivity index (χ4v) is 2.88. The second-order valence-electron chi connectivity index (χ2n) is 3.86. The van der Waals surface area contributed by atoms with Crippen molar-refractivity contribution in [3.63, 3.8) is 0 Å². The summed E-state index contributed by atoms with van der Waals surface area (Å²) in [5.74, 6) is 1.69. The zero-order valence-corrected chi connectivity index (χ0v) is 9.96. The minimum Gasteiger partial charge on any atom is -0.345 e. The van der Waals surface area contributed by atoms with Gasteiger partial charge in [-0.3, -0.25) is 4.79 Å². The fraction of sp³-hybridized carbons (Fsp3) is 0.778. The van der Waals surface area contributed by atoms with Crippen molar-refractivity contribution in [3.8, 4) is 0 Å². The van der Waals surface area contributed by atoms with Crippen molar-refractivity contribution in [1.29, 1.82) is 0 Å². The van der Waals surface area contributed by atoms with Gasteiger partial charge >= 0.3 is 0 Å². The Bertz CT molecular complexity index is 336. The summed E-state index contributed by atoms with van der Waals surface area (Å²) in [7, 11) is 0. The molecule has 1 aliphatic heterocycles. The van der Waals surface area contributed by atoms with Crippen LogP contribution in [-0.4, -0.2) is 37.5 Å². The van der Waals surface area contributed by atoms with Crippen molar-refractivity contribution < 1.29 is 4.79 Å². The number of aromatic amines is 1. The maximum absolute atomic E-state index is 11.9. The third-order valence-electron chi connectivity index (χ3n) is 2.58. The van der Waals surface area contributed by atoms with Crippen molar-refractivity contribution in [2.75, 3.05) is 5.75 Å². The van der Waals surface area contributed by atoms with Crippen molar-refractivity contribution in [3.05, 3.63) is 5.82 Å². The number of tetrazole rings is 1. The van der Waals surface area contributed by atoms with Gasteiger partial charge in [-0.05, 0) is 25.5 Å². The summed E-state index contributed by atoms with van der Waals surface area (Å²) in [5, 5.41) is 16.5. The van der Waals surface area contributed by atoms with Crippen LogP contribution in [0.2, 0.25) is 0 Å². The standard InChI is InChI=1S/C9H15N5OS/c1-6(8-11-13-14-12-8)10-9(15)7-4-2-3-5-16-7/h6-7H,2-5H2,1H3,(H,10,15)(H,11,12,13,14). The highest BCUT2D eigenvalue weighted by atomic mass is 32.2. The Morgan fingerprint density at radius 2 is 2.50 bits per heavy atom. The van der Waals surface area contributed by atoms with Crippen molar-refractivity contribution in [2.24, 2.45) is 0 Å². The number of aromatic nitrogens is 4. The molecule has 6 nitrogen and oxygen atoms in total. The van der Waals surface area contributed by atoms with Crippen LogP contribution in [0.5, 0.6) is 0 Å². The molecule has 1 aromatic heterocycles.